The Bertz CT molecular complexity index is 251. The fourth-order valence-electron chi connectivity index (χ4n) is 0.776. The van der Waals surface area contributed by atoms with Crippen molar-refractivity contribution in [2.45, 2.75) is 0 Å². The monoisotopic (exact) mass is 149 g/mol. The van der Waals surface area contributed by atoms with Crippen LogP contribution in [0.4, 0.5) is 0 Å². The number of aromatic amines is 1. The first kappa shape index (κ1) is 5.68. The summed E-state index contributed by atoms with van der Waals surface area (Å²) in [5.41, 5.74) is 0.968. The van der Waals surface area contributed by atoms with Crippen LogP contribution < -0.4 is 0 Å². The summed E-state index contributed by atoms with van der Waals surface area (Å²) in [6.45, 7) is 0. The van der Waals surface area contributed by atoms with Crippen LogP contribution in [-0.2, 0) is 0 Å². The van der Waals surface area contributed by atoms with E-state index in [1.165, 1.54) is 4.88 Å². The van der Waals surface area contributed by atoms with E-state index in [4.69, 9.17) is 0 Å². The minimum atomic E-state index is 0.968. The number of hydrogen-bond acceptors (Lipinski definition) is 2. The molecule has 0 atom stereocenters. The lowest BCUT2D eigenvalue weighted by atomic mass is 10.4. The van der Waals surface area contributed by atoms with Crippen LogP contribution in [0.25, 0.3) is 10.6 Å². The zero-order valence-electron chi connectivity index (χ0n) is 5.16. The van der Waals surface area contributed by atoms with Crippen LogP contribution in [0.1, 0.15) is 0 Å². The van der Waals surface area contributed by atoms with E-state index in [-0.39, 0.29) is 0 Å². The number of thiophene rings is 1. The van der Waals surface area contributed by atoms with Crippen molar-refractivity contribution in [3.63, 3.8) is 0 Å². The van der Waals surface area contributed by atoms with Crippen LogP contribution in [0.2, 0.25) is 0 Å². The van der Waals surface area contributed by atoms with E-state index in [2.05, 4.69) is 16.3 Å². The van der Waals surface area contributed by atoms with Crippen molar-refractivity contribution in [2.24, 2.45) is 0 Å². The summed E-state index contributed by atoms with van der Waals surface area (Å²) in [5, 5.41) is 2.03. The molecule has 0 aliphatic heterocycles. The lowest BCUT2D eigenvalue weighted by molar-refractivity contribution is 1.29. The van der Waals surface area contributed by atoms with Crippen LogP contribution in [0.5, 0.6) is 0 Å². The Hall–Kier alpha value is -1.09. The Morgan fingerprint density at radius 3 is 3.20 bits per heavy atom. The Labute approximate surface area is 62.6 Å². The summed E-state index contributed by atoms with van der Waals surface area (Å²) in [5.74, 6) is 0. The lowest BCUT2D eigenvalue weighted by Crippen LogP contribution is -1.66. The van der Waals surface area contributed by atoms with Crippen LogP contribution in [0.3, 0.4) is 0 Å². The zero-order valence-corrected chi connectivity index (χ0v) is 5.98. The van der Waals surface area contributed by atoms with E-state index < -0.39 is 0 Å². The first-order valence-electron chi connectivity index (χ1n) is 2.92. The minimum Gasteiger partial charge on any atom is -0.341 e. The summed E-state index contributed by atoms with van der Waals surface area (Å²) < 4.78 is 0. The van der Waals surface area contributed by atoms with Crippen molar-refractivity contribution in [3.05, 3.63) is 30.0 Å². The molecule has 2 heterocycles. The third-order valence-electron chi connectivity index (χ3n) is 1.22. The van der Waals surface area contributed by atoms with Crippen LogP contribution in [0, 0.1) is 6.33 Å². The molecule has 0 spiro atoms. The Balaban J connectivity index is 2.48. The maximum atomic E-state index is 3.99. The van der Waals surface area contributed by atoms with E-state index in [0.717, 1.165) is 5.69 Å². The standard InChI is InChI=1S/C7H5N2S/c1-2-7(10-3-1)6-4-8-5-9-6/h1-4H,(H,8,9). The number of nitrogens with zero attached hydrogens (tertiary/aromatic N) is 1. The second-order valence-corrected chi connectivity index (χ2v) is 2.82. The number of rotatable bonds is 1. The average molecular weight is 149 g/mol. The van der Waals surface area contributed by atoms with E-state index in [1.54, 1.807) is 11.3 Å². The van der Waals surface area contributed by atoms with Crippen molar-refractivity contribution in [2.75, 3.05) is 0 Å². The largest absolute Gasteiger partial charge is 0.341 e. The van der Waals surface area contributed by atoms with Crippen molar-refractivity contribution in [1.29, 1.82) is 0 Å². The third-order valence-corrected chi connectivity index (χ3v) is 2.12. The second kappa shape index (κ2) is 2.27. The molecule has 2 rings (SSSR count). The SMILES string of the molecule is [c]1nc(-c2cccs2)c[nH]1. The molecule has 0 aliphatic carbocycles. The van der Waals surface area contributed by atoms with Gasteiger partial charge in [-0.1, -0.05) is 6.07 Å². The van der Waals surface area contributed by atoms with Gasteiger partial charge in [-0.2, -0.15) is 0 Å². The Morgan fingerprint density at radius 2 is 2.60 bits per heavy atom. The molecule has 2 nitrogen and oxygen atoms in total. The van der Waals surface area contributed by atoms with E-state index >= 15 is 0 Å². The number of aromatic nitrogens is 2. The maximum absolute atomic E-state index is 3.99. The van der Waals surface area contributed by atoms with Gasteiger partial charge in [-0.15, -0.1) is 11.3 Å². The normalized spacial score (nSPS) is 10.0. The summed E-state index contributed by atoms with van der Waals surface area (Å²) in [6.07, 6.45) is 4.49. The van der Waals surface area contributed by atoms with Gasteiger partial charge in [0.15, 0.2) is 6.33 Å². The van der Waals surface area contributed by atoms with E-state index in [1.807, 2.05) is 23.7 Å². The molecule has 1 radical (unpaired) electrons. The fraction of sp³-hybridized carbons (Fsp3) is 0. The van der Waals surface area contributed by atoms with Crippen LogP contribution in [-0.4, -0.2) is 9.97 Å². The topological polar surface area (TPSA) is 28.7 Å². The molecule has 1 N–H and O–H groups in total. The highest BCUT2D eigenvalue weighted by Gasteiger charge is 1.97. The molecule has 2 aromatic heterocycles. The maximum Gasteiger partial charge on any atom is 0.174 e. The van der Waals surface area contributed by atoms with E-state index in [0.29, 0.717) is 0 Å². The molecular formula is C7H5N2S. The van der Waals surface area contributed by atoms with Gasteiger partial charge in [-0.05, 0) is 11.4 Å². The molecule has 0 fully saturated rings. The average Bonchev–Trinajstić information content (AvgIpc) is 2.59. The zero-order chi connectivity index (χ0) is 6.81. The molecule has 0 amide bonds. The number of H-pyrrole nitrogens is 1. The predicted octanol–water partition coefficient (Wildman–Crippen LogP) is 1.94. The van der Waals surface area contributed by atoms with E-state index in [9.17, 15) is 0 Å². The predicted molar refractivity (Wildman–Crippen MR) is 40.7 cm³/mol. The molecule has 0 saturated heterocycles. The van der Waals surface area contributed by atoms with Gasteiger partial charge in [0.25, 0.3) is 0 Å². The first-order valence-corrected chi connectivity index (χ1v) is 3.80. The summed E-state index contributed by atoms with van der Waals surface area (Å²) in [4.78, 5) is 7.96. The van der Waals surface area contributed by atoms with Gasteiger partial charge in [0, 0.05) is 6.20 Å². The van der Waals surface area contributed by atoms with Gasteiger partial charge in [-0.25, -0.2) is 4.98 Å². The highest BCUT2D eigenvalue weighted by atomic mass is 32.1. The second-order valence-electron chi connectivity index (χ2n) is 1.87. The molecule has 0 aromatic carbocycles. The Kier molecular flexibility index (Phi) is 1.29. The quantitative estimate of drug-likeness (QED) is 0.659. The molecule has 0 aliphatic rings. The summed E-state index contributed by atoms with van der Waals surface area (Å²) in [7, 11) is 0. The van der Waals surface area contributed by atoms with Crippen molar-refractivity contribution >= 4 is 11.3 Å². The minimum absolute atomic E-state index is 0.968. The van der Waals surface area contributed by atoms with Crippen LogP contribution in [0.15, 0.2) is 23.7 Å². The van der Waals surface area contributed by atoms with Gasteiger partial charge < -0.3 is 4.98 Å². The van der Waals surface area contributed by atoms with Gasteiger partial charge in [-0.3, -0.25) is 0 Å². The highest BCUT2D eigenvalue weighted by molar-refractivity contribution is 7.13. The number of imidazole rings is 1. The third kappa shape index (κ3) is 0.844. The molecule has 0 saturated carbocycles. The van der Waals surface area contributed by atoms with Gasteiger partial charge >= 0.3 is 0 Å². The van der Waals surface area contributed by atoms with Gasteiger partial charge in [0.1, 0.15) is 0 Å². The summed E-state index contributed by atoms with van der Waals surface area (Å²) in [6, 6.07) is 4.04. The highest BCUT2D eigenvalue weighted by Crippen LogP contribution is 2.20. The molecule has 0 bridgehead atoms. The molecular weight excluding hydrogens is 144 g/mol. The fourth-order valence-corrected chi connectivity index (χ4v) is 1.46. The Morgan fingerprint density at radius 1 is 1.60 bits per heavy atom. The summed E-state index contributed by atoms with van der Waals surface area (Å²) >= 11 is 1.68. The molecule has 2 aromatic rings. The molecule has 0 unspecified atom stereocenters. The van der Waals surface area contributed by atoms with Crippen molar-refractivity contribution < 1.29 is 0 Å². The van der Waals surface area contributed by atoms with Crippen molar-refractivity contribution in [3.8, 4) is 10.6 Å². The van der Waals surface area contributed by atoms with Gasteiger partial charge in [0.05, 0.1) is 10.6 Å². The van der Waals surface area contributed by atoms with Crippen LogP contribution >= 0.6 is 11.3 Å². The smallest absolute Gasteiger partial charge is 0.174 e. The number of nitrogens with one attached hydrogen (secondary N) is 1. The van der Waals surface area contributed by atoms with Gasteiger partial charge in [0.2, 0.25) is 0 Å². The molecule has 3 heteroatoms. The number of hydrogen-bond donors (Lipinski definition) is 1. The lowest BCUT2D eigenvalue weighted by Gasteiger charge is -1.83. The molecule has 49 valence electrons. The molecule has 10 heavy (non-hydrogen) atoms. The first-order chi connectivity index (χ1) is 4.97. The van der Waals surface area contributed by atoms with Crippen molar-refractivity contribution in [1.82, 2.24) is 9.97 Å².